The van der Waals surface area contributed by atoms with Crippen molar-refractivity contribution in [1.82, 2.24) is 0 Å². The normalized spacial score (nSPS) is 12.0. The van der Waals surface area contributed by atoms with Crippen LogP contribution in [0.2, 0.25) is 0 Å². The van der Waals surface area contributed by atoms with Gasteiger partial charge in [0.2, 0.25) is 0 Å². The molecule has 0 fully saturated rings. The molecule has 0 heterocycles. The monoisotopic (exact) mass is 499 g/mol. The topological polar surface area (TPSA) is 49.3 Å². The molecule has 0 aliphatic rings. The number of phenols is 1. The van der Waals surface area contributed by atoms with Crippen molar-refractivity contribution in [2.45, 2.75) is 30.6 Å². The van der Waals surface area contributed by atoms with E-state index in [4.69, 9.17) is 0 Å². The molecule has 0 aromatic heterocycles. The van der Waals surface area contributed by atoms with Crippen LogP contribution in [-0.4, -0.2) is 16.8 Å². The summed E-state index contributed by atoms with van der Waals surface area (Å²) in [5.74, 6) is -0.861. The van der Waals surface area contributed by atoms with Crippen LogP contribution in [0.4, 0.5) is 32.0 Å². The molecule has 3 aromatic rings. The Morgan fingerprint density at radius 3 is 2.26 bits per heavy atom. The zero-order valence-corrected chi connectivity index (χ0v) is 18.5. The molecule has 0 atom stereocenters. The van der Waals surface area contributed by atoms with E-state index in [1.807, 2.05) is 0 Å². The fourth-order valence-corrected chi connectivity index (χ4v) is 4.12. The molecule has 0 radical (unpaired) electrons. The maximum atomic E-state index is 13.2. The number of anilines is 1. The number of halogens is 6. The lowest BCUT2D eigenvalue weighted by atomic mass is 10.1. The first kappa shape index (κ1) is 25.5. The molecule has 1 amide bonds. The van der Waals surface area contributed by atoms with Crippen LogP contribution in [-0.2, 0) is 18.8 Å². The predicted molar refractivity (Wildman–Crippen MR) is 118 cm³/mol. The van der Waals surface area contributed by atoms with Crippen LogP contribution in [0.25, 0.3) is 0 Å². The summed E-state index contributed by atoms with van der Waals surface area (Å²) in [6.07, 6.45) is -8.90. The maximum Gasteiger partial charge on any atom is 0.416 e. The standard InChI is InChI=1S/C24H19F6NO2S/c1-14-5-7-20(32)18(11-14)22(33)31-19-13-17(24(28,29)30)6-8-21(19)34-10-9-15-3-2-4-16(12-15)23(25,26)27/h2-8,11-13,32H,9-10H2,1H3,(H,31,33). The minimum atomic E-state index is -4.65. The van der Waals surface area contributed by atoms with Crippen LogP contribution in [0.3, 0.4) is 0 Å². The van der Waals surface area contributed by atoms with Gasteiger partial charge in [-0.15, -0.1) is 11.8 Å². The highest BCUT2D eigenvalue weighted by molar-refractivity contribution is 7.99. The Morgan fingerprint density at radius 1 is 0.912 bits per heavy atom. The summed E-state index contributed by atoms with van der Waals surface area (Å²) in [6.45, 7) is 1.69. The minimum absolute atomic E-state index is 0.0997. The smallest absolute Gasteiger partial charge is 0.416 e. The summed E-state index contributed by atoms with van der Waals surface area (Å²) in [4.78, 5) is 13.0. The minimum Gasteiger partial charge on any atom is -0.507 e. The molecule has 0 aliphatic heterocycles. The van der Waals surface area contributed by atoms with E-state index in [9.17, 15) is 36.2 Å². The number of alkyl halides is 6. The Balaban J connectivity index is 1.82. The maximum absolute atomic E-state index is 13.2. The van der Waals surface area contributed by atoms with Crippen molar-refractivity contribution in [3.8, 4) is 5.75 Å². The van der Waals surface area contributed by atoms with E-state index in [1.54, 1.807) is 13.0 Å². The van der Waals surface area contributed by atoms with E-state index < -0.39 is 29.4 Å². The van der Waals surface area contributed by atoms with Crippen molar-refractivity contribution in [2.75, 3.05) is 11.1 Å². The second-order valence-electron chi connectivity index (χ2n) is 7.48. The number of benzene rings is 3. The number of aryl methyl sites for hydroxylation is 2. The van der Waals surface area contributed by atoms with Gasteiger partial charge in [0.05, 0.1) is 22.4 Å². The molecule has 0 bridgehead atoms. The van der Waals surface area contributed by atoms with E-state index >= 15 is 0 Å². The van der Waals surface area contributed by atoms with E-state index in [-0.39, 0.29) is 29.2 Å². The first-order valence-electron chi connectivity index (χ1n) is 9.96. The van der Waals surface area contributed by atoms with Crippen LogP contribution < -0.4 is 5.32 Å². The van der Waals surface area contributed by atoms with Crippen molar-refractivity contribution < 1.29 is 36.2 Å². The molecule has 10 heteroatoms. The number of carbonyl (C=O) groups is 1. The van der Waals surface area contributed by atoms with Gasteiger partial charge in [-0.1, -0.05) is 29.8 Å². The zero-order valence-electron chi connectivity index (χ0n) is 17.7. The average molecular weight is 499 g/mol. The average Bonchev–Trinajstić information content (AvgIpc) is 2.75. The quantitative estimate of drug-likeness (QED) is 0.276. The Hall–Kier alpha value is -3.14. The first-order chi connectivity index (χ1) is 15.8. The molecule has 34 heavy (non-hydrogen) atoms. The fourth-order valence-electron chi connectivity index (χ4n) is 3.13. The number of thioether (sulfide) groups is 1. The number of hydrogen-bond donors (Lipinski definition) is 2. The first-order valence-corrected chi connectivity index (χ1v) is 10.9. The fraction of sp³-hybridized carbons (Fsp3) is 0.208. The van der Waals surface area contributed by atoms with Gasteiger partial charge in [-0.3, -0.25) is 4.79 Å². The molecule has 0 unspecified atom stereocenters. The number of rotatable bonds is 6. The third-order valence-electron chi connectivity index (χ3n) is 4.85. The van der Waals surface area contributed by atoms with Gasteiger partial charge < -0.3 is 10.4 Å². The van der Waals surface area contributed by atoms with Gasteiger partial charge in [-0.25, -0.2) is 0 Å². The van der Waals surface area contributed by atoms with Crippen molar-refractivity contribution in [1.29, 1.82) is 0 Å². The SMILES string of the molecule is Cc1ccc(O)c(C(=O)Nc2cc(C(F)(F)F)ccc2SCCc2cccc(C(F)(F)F)c2)c1. The van der Waals surface area contributed by atoms with Crippen molar-refractivity contribution in [3.63, 3.8) is 0 Å². The summed E-state index contributed by atoms with van der Waals surface area (Å²) < 4.78 is 78.4. The Morgan fingerprint density at radius 2 is 1.59 bits per heavy atom. The van der Waals surface area contributed by atoms with E-state index in [0.717, 1.165) is 36.0 Å². The lowest BCUT2D eigenvalue weighted by Crippen LogP contribution is -2.14. The van der Waals surface area contributed by atoms with Gasteiger partial charge in [-0.2, -0.15) is 26.3 Å². The third kappa shape index (κ3) is 6.47. The predicted octanol–water partition coefficient (Wildman–Crippen LogP) is 7.33. The van der Waals surface area contributed by atoms with Gasteiger partial charge in [0.15, 0.2) is 0 Å². The highest BCUT2D eigenvalue weighted by atomic mass is 32.2. The van der Waals surface area contributed by atoms with Crippen molar-refractivity contribution >= 4 is 23.4 Å². The number of amides is 1. The molecule has 0 aliphatic carbocycles. The van der Waals surface area contributed by atoms with Gasteiger partial charge in [0.25, 0.3) is 5.91 Å². The molecule has 0 spiro atoms. The van der Waals surface area contributed by atoms with E-state index in [2.05, 4.69) is 5.32 Å². The number of hydrogen-bond acceptors (Lipinski definition) is 3. The summed E-state index contributed by atoms with van der Waals surface area (Å²) in [6, 6.07) is 11.9. The lowest BCUT2D eigenvalue weighted by molar-refractivity contribution is -0.138. The second kappa shape index (κ2) is 10.0. The highest BCUT2D eigenvalue weighted by Crippen LogP contribution is 2.36. The largest absolute Gasteiger partial charge is 0.507 e. The number of aromatic hydroxyl groups is 1. The number of phenolic OH excluding ortho intramolecular Hbond substituents is 1. The molecule has 3 nitrogen and oxygen atoms in total. The Bertz CT molecular complexity index is 1190. The Kier molecular flexibility index (Phi) is 7.50. The van der Waals surface area contributed by atoms with E-state index in [0.29, 0.717) is 16.0 Å². The lowest BCUT2D eigenvalue weighted by Gasteiger charge is -2.15. The summed E-state index contributed by atoms with van der Waals surface area (Å²) in [7, 11) is 0. The van der Waals surface area contributed by atoms with Gasteiger partial charge >= 0.3 is 12.4 Å². The highest BCUT2D eigenvalue weighted by Gasteiger charge is 2.32. The summed E-state index contributed by atoms with van der Waals surface area (Å²) in [5.41, 5.74) is -0.881. The van der Waals surface area contributed by atoms with Crippen LogP contribution in [0.5, 0.6) is 5.75 Å². The molecular weight excluding hydrogens is 480 g/mol. The second-order valence-corrected chi connectivity index (χ2v) is 8.62. The van der Waals surface area contributed by atoms with E-state index in [1.165, 1.54) is 30.3 Å². The molecule has 3 rings (SSSR count). The van der Waals surface area contributed by atoms with Gasteiger partial charge in [0.1, 0.15) is 5.75 Å². The molecular formula is C24H19F6NO2S. The van der Waals surface area contributed by atoms with Crippen molar-refractivity contribution in [2.24, 2.45) is 0 Å². The van der Waals surface area contributed by atoms with Crippen LogP contribution in [0, 0.1) is 6.92 Å². The molecule has 0 saturated carbocycles. The molecule has 0 saturated heterocycles. The van der Waals surface area contributed by atoms with Crippen LogP contribution in [0.1, 0.15) is 32.6 Å². The zero-order chi connectivity index (χ0) is 25.1. The van der Waals surface area contributed by atoms with Crippen molar-refractivity contribution in [3.05, 3.63) is 88.5 Å². The van der Waals surface area contributed by atoms with Gasteiger partial charge in [-0.05, 0) is 55.3 Å². The number of nitrogens with one attached hydrogen (secondary N) is 1. The molecule has 2 N–H and O–H groups in total. The summed E-state index contributed by atoms with van der Waals surface area (Å²) >= 11 is 1.09. The van der Waals surface area contributed by atoms with Crippen LogP contribution in [0.15, 0.2) is 65.6 Å². The number of carbonyl (C=O) groups excluding carboxylic acids is 1. The van der Waals surface area contributed by atoms with Gasteiger partial charge in [0, 0.05) is 10.6 Å². The molecule has 3 aromatic carbocycles. The van der Waals surface area contributed by atoms with Crippen LogP contribution >= 0.6 is 11.8 Å². The molecule has 180 valence electrons. The summed E-state index contributed by atoms with van der Waals surface area (Å²) in [5, 5.41) is 12.4. The third-order valence-corrected chi connectivity index (χ3v) is 5.93. The Labute approximate surface area is 195 Å².